The molecular formula is C12H17NO2. The minimum absolute atomic E-state index is 0.129. The van der Waals surface area contributed by atoms with Gasteiger partial charge in [0.2, 0.25) is 0 Å². The minimum atomic E-state index is 0.129. The summed E-state index contributed by atoms with van der Waals surface area (Å²) in [5, 5.41) is 8.90. The first kappa shape index (κ1) is 11.8. The largest absolute Gasteiger partial charge is 0.469 e. The molecule has 1 aromatic heterocycles. The predicted octanol–water partition coefficient (Wildman–Crippen LogP) is 1.14. The molecule has 0 aromatic carbocycles. The molecule has 0 aliphatic rings. The lowest BCUT2D eigenvalue weighted by Crippen LogP contribution is -2.37. The highest BCUT2D eigenvalue weighted by Gasteiger charge is 2.13. The van der Waals surface area contributed by atoms with E-state index in [9.17, 15) is 0 Å². The molecule has 15 heavy (non-hydrogen) atoms. The SMILES string of the molecule is C#CCN(CCO)C(C)Cc1ccco1. The Labute approximate surface area is 90.7 Å². The van der Waals surface area contributed by atoms with Gasteiger partial charge in [-0.25, -0.2) is 0 Å². The van der Waals surface area contributed by atoms with Crippen LogP contribution in [0.3, 0.4) is 0 Å². The number of furan rings is 1. The molecule has 3 heteroatoms. The third-order valence-corrected chi connectivity index (χ3v) is 2.38. The highest BCUT2D eigenvalue weighted by molar-refractivity contribution is 5.01. The van der Waals surface area contributed by atoms with Gasteiger partial charge in [-0.2, -0.15) is 0 Å². The van der Waals surface area contributed by atoms with Crippen molar-refractivity contribution in [1.29, 1.82) is 0 Å². The van der Waals surface area contributed by atoms with E-state index < -0.39 is 0 Å². The lowest BCUT2D eigenvalue weighted by Gasteiger charge is -2.25. The van der Waals surface area contributed by atoms with E-state index >= 15 is 0 Å². The first-order valence-corrected chi connectivity index (χ1v) is 5.08. The molecule has 0 fully saturated rings. The van der Waals surface area contributed by atoms with Gasteiger partial charge in [0.25, 0.3) is 0 Å². The van der Waals surface area contributed by atoms with Gasteiger partial charge in [0.1, 0.15) is 5.76 Å². The molecule has 0 spiro atoms. The van der Waals surface area contributed by atoms with Gasteiger partial charge in [-0.15, -0.1) is 6.42 Å². The minimum Gasteiger partial charge on any atom is -0.469 e. The van der Waals surface area contributed by atoms with Crippen LogP contribution in [0.5, 0.6) is 0 Å². The van der Waals surface area contributed by atoms with Crippen molar-refractivity contribution >= 4 is 0 Å². The fourth-order valence-corrected chi connectivity index (χ4v) is 1.55. The van der Waals surface area contributed by atoms with Crippen LogP contribution in [0.4, 0.5) is 0 Å². The van der Waals surface area contributed by atoms with Crippen LogP contribution in [-0.4, -0.2) is 35.7 Å². The Bertz CT molecular complexity index is 300. The monoisotopic (exact) mass is 207 g/mol. The zero-order valence-electron chi connectivity index (χ0n) is 9.02. The molecule has 1 rings (SSSR count). The summed E-state index contributed by atoms with van der Waals surface area (Å²) in [6.45, 7) is 3.37. The van der Waals surface area contributed by atoms with E-state index in [-0.39, 0.29) is 12.6 Å². The average molecular weight is 207 g/mol. The van der Waals surface area contributed by atoms with E-state index in [1.54, 1.807) is 6.26 Å². The van der Waals surface area contributed by atoms with Gasteiger partial charge in [-0.05, 0) is 19.1 Å². The number of rotatable bonds is 6. The summed E-state index contributed by atoms with van der Waals surface area (Å²) in [5.41, 5.74) is 0. The lowest BCUT2D eigenvalue weighted by molar-refractivity contribution is 0.170. The number of terminal acetylenes is 1. The number of hydrogen-bond donors (Lipinski definition) is 1. The molecule has 1 unspecified atom stereocenters. The van der Waals surface area contributed by atoms with Gasteiger partial charge in [0, 0.05) is 19.0 Å². The van der Waals surface area contributed by atoms with E-state index in [4.69, 9.17) is 15.9 Å². The summed E-state index contributed by atoms with van der Waals surface area (Å²) >= 11 is 0. The first-order chi connectivity index (χ1) is 7.27. The lowest BCUT2D eigenvalue weighted by atomic mass is 10.1. The van der Waals surface area contributed by atoms with Crippen LogP contribution in [0.25, 0.3) is 0 Å². The maximum Gasteiger partial charge on any atom is 0.105 e. The molecule has 82 valence electrons. The van der Waals surface area contributed by atoms with Crippen molar-refractivity contribution in [3.8, 4) is 12.3 Å². The second-order valence-electron chi connectivity index (χ2n) is 3.53. The van der Waals surface area contributed by atoms with Crippen molar-refractivity contribution in [2.75, 3.05) is 19.7 Å². The predicted molar refractivity (Wildman–Crippen MR) is 59.4 cm³/mol. The van der Waals surface area contributed by atoms with Gasteiger partial charge in [-0.1, -0.05) is 5.92 Å². The molecule has 0 radical (unpaired) electrons. The van der Waals surface area contributed by atoms with Gasteiger partial charge in [0.15, 0.2) is 0 Å². The fourth-order valence-electron chi connectivity index (χ4n) is 1.55. The van der Waals surface area contributed by atoms with Crippen molar-refractivity contribution in [3.63, 3.8) is 0 Å². The molecule has 1 atom stereocenters. The molecule has 0 aliphatic heterocycles. The Morgan fingerprint density at radius 1 is 1.67 bits per heavy atom. The van der Waals surface area contributed by atoms with E-state index in [2.05, 4.69) is 17.7 Å². The maximum absolute atomic E-state index is 8.90. The van der Waals surface area contributed by atoms with Crippen molar-refractivity contribution in [2.45, 2.75) is 19.4 Å². The van der Waals surface area contributed by atoms with Crippen LogP contribution in [-0.2, 0) is 6.42 Å². The zero-order chi connectivity index (χ0) is 11.1. The molecule has 3 nitrogen and oxygen atoms in total. The Morgan fingerprint density at radius 2 is 2.47 bits per heavy atom. The Kier molecular flexibility index (Phi) is 4.96. The Hall–Kier alpha value is -1.24. The summed E-state index contributed by atoms with van der Waals surface area (Å²) in [5.74, 6) is 3.54. The van der Waals surface area contributed by atoms with Crippen LogP contribution >= 0.6 is 0 Å². The summed E-state index contributed by atoms with van der Waals surface area (Å²) < 4.78 is 5.27. The average Bonchev–Trinajstić information content (AvgIpc) is 2.70. The highest BCUT2D eigenvalue weighted by Crippen LogP contribution is 2.08. The molecule has 0 saturated carbocycles. The number of nitrogens with zero attached hydrogens (tertiary/aromatic N) is 1. The van der Waals surface area contributed by atoms with Crippen molar-refractivity contribution < 1.29 is 9.52 Å². The Balaban J connectivity index is 2.49. The molecule has 0 saturated heterocycles. The van der Waals surface area contributed by atoms with E-state index in [1.165, 1.54) is 0 Å². The molecule has 1 aromatic rings. The van der Waals surface area contributed by atoms with Crippen molar-refractivity contribution in [2.24, 2.45) is 0 Å². The van der Waals surface area contributed by atoms with E-state index in [0.717, 1.165) is 12.2 Å². The summed E-state index contributed by atoms with van der Waals surface area (Å²) in [4.78, 5) is 2.06. The second-order valence-corrected chi connectivity index (χ2v) is 3.53. The topological polar surface area (TPSA) is 36.6 Å². The summed E-state index contributed by atoms with van der Waals surface area (Å²) in [7, 11) is 0. The van der Waals surface area contributed by atoms with Gasteiger partial charge in [-0.3, -0.25) is 4.90 Å². The van der Waals surface area contributed by atoms with Crippen LogP contribution in [0.15, 0.2) is 22.8 Å². The molecule has 0 amide bonds. The third kappa shape index (κ3) is 3.78. The van der Waals surface area contributed by atoms with Gasteiger partial charge < -0.3 is 9.52 Å². The quantitative estimate of drug-likeness (QED) is 0.711. The Morgan fingerprint density at radius 3 is 3.00 bits per heavy atom. The third-order valence-electron chi connectivity index (χ3n) is 2.38. The van der Waals surface area contributed by atoms with Gasteiger partial charge in [0.05, 0.1) is 19.4 Å². The molecule has 1 heterocycles. The van der Waals surface area contributed by atoms with Gasteiger partial charge >= 0.3 is 0 Å². The number of hydrogen-bond acceptors (Lipinski definition) is 3. The summed E-state index contributed by atoms with van der Waals surface area (Å²) in [6.07, 6.45) is 7.75. The second kappa shape index (κ2) is 6.28. The van der Waals surface area contributed by atoms with Crippen molar-refractivity contribution in [1.82, 2.24) is 4.90 Å². The fraction of sp³-hybridized carbons (Fsp3) is 0.500. The van der Waals surface area contributed by atoms with Crippen LogP contribution in [0.2, 0.25) is 0 Å². The van der Waals surface area contributed by atoms with Crippen LogP contribution < -0.4 is 0 Å². The zero-order valence-corrected chi connectivity index (χ0v) is 9.02. The molecule has 0 aliphatic carbocycles. The number of aliphatic hydroxyl groups is 1. The normalized spacial score (nSPS) is 12.7. The molecule has 0 bridgehead atoms. The maximum atomic E-state index is 8.90. The standard InChI is InChI=1S/C12H17NO2/c1-3-6-13(7-8-14)11(2)10-12-5-4-9-15-12/h1,4-5,9,11,14H,6-8,10H2,2H3. The van der Waals surface area contributed by atoms with Crippen LogP contribution in [0.1, 0.15) is 12.7 Å². The van der Waals surface area contributed by atoms with E-state index in [0.29, 0.717) is 13.1 Å². The molecule has 1 N–H and O–H groups in total. The van der Waals surface area contributed by atoms with Crippen LogP contribution in [0, 0.1) is 12.3 Å². The van der Waals surface area contributed by atoms with E-state index in [1.807, 2.05) is 12.1 Å². The summed E-state index contributed by atoms with van der Waals surface area (Å²) in [6, 6.07) is 4.10. The first-order valence-electron chi connectivity index (χ1n) is 5.08. The highest BCUT2D eigenvalue weighted by atomic mass is 16.3. The smallest absolute Gasteiger partial charge is 0.105 e. The molecular weight excluding hydrogens is 190 g/mol. The number of aliphatic hydroxyl groups excluding tert-OH is 1. The van der Waals surface area contributed by atoms with Crippen molar-refractivity contribution in [3.05, 3.63) is 24.2 Å².